The molecule has 4 nitrogen and oxygen atoms in total. The van der Waals surface area contributed by atoms with Crippen LogP contribution in [0.4, 0.5) is 0 Å². The Kier molecular flexibility index (Phi) is 5.66. The van der Waals surface area contributed by atoms with Crippen LogP contribution >= 0.6 is 12.4 Å². The van der Waals surface area contributed by atoms with E-state index in [4.69, 9.17) is 5.73 Å². The van der Waals surface area contributed by atoms with Gasteiger partial charge in [-0.3, -0.25) is 4.79 Å². The molecule has 114 valence electrons. The van der Waals surface area contributed by atoms with Gasteiger partial charge in [0.15, 0.2) is 0 Å². The van der Waals surface area contributed by atoms with E-state index in [-0.39, 0.29) is 18.3 Å². The van der Waals surface area contributed by atoms with E-state index in [1.807, 2.05) is 17.9 Å². The number of nitrogens with zero attached hydrogens (tertiary/aromatic N) is 2. The SMILES string of the molecule is CCn1c(C)cc(C(=O)N2CC(CN)CC2C)c1C.Cl. The van der Waals surface area contributed by atoms with Crippen LogP contribution in [-0.4, -0.2) is 34.5 Å². The van der Waals surface area contributed by atoms with Crippen molar-refractivity contribution in [1.82, 2.24) is 9.47 Å². The van der Waals surface area contributed by atoms with Gasteiger partial charge in [0.2, 0.25) is 0 Å². The number of aryl methyl sites for hydroxylation is 1. The van der Waals surface area contributed by atoms with E-state index >= 15 is 0 Å². The number of amides is 1. The summed E-state index contributed by atoms with van der Waals surface area (Å²) in [4.78, 5) is 14.7. The topological polar surface area (TPSA) is 51.3 Å². The fourth-order valence-corrected chi connectivity index (χ4v) is 3.26. The number of hydrogen-bond acceptors (Lipinski definition) is 2. The highest BCUT2D eigenvalue weighted by atomic mass is 35.5. The molecule has 0 aliphatic carbocycles. The molecule has 2 N–H and O–H groups in total. The molecule has 1 saturated heterocycles. The van der Waals surface area contributed by atoms with Gasteiger partial charge in [-0.05, 0) is 52.6 Å². The third-order valence-corrected chi connectivity index (χ3v) is 4.38. The summed E-state index contributed by atoms with van der Waals surface area (Å²) in [5, 5.41) is 0. The van der Waals surface area contributed by atoms with Gasteiger partial charge >= 0.3 is 0 Å². The normalized spacial score (nSPS) is 21.9. The van der Waals surface area contributed by atoms with Crippen LogP contribution in [0.1, 0.15) is 42.0 Å². The number of aromatic nitrogens is 1. The molecule has 2 rings (SSSR count). The van der Waals surface area contributed by atoms with Gasteiger partial charge in [-0.25, -0.2) is 0 Å². The zero-order valence-electron chi connectivity index (χ0n) is 12.8. The molecule has 1 aliphatic rings. The zero-order valence-corrected chi connectivity index (χ0v) is 13.7. The Balaban J connectivity index is 0.00000200. The molecule has 0 saturated carbocycles. The minimum Gasteiger partial charge on any atom is -0.349 e. The van der Waals surface area contributed by atoms with Crippen molar-refractivity contribution in [2.45, 2.75) is 46.7 Å². The maximum Gasteiger partial charge on any atom is 0.255 e. The third-order valence-electron chi connectivity index (χ3n) is 4.38. The Morgan fingerprint density at radius 3 is 2.55 bits per heavy atom. The second-order valence-corrected chi connectivity index (χ2v) is 5.67. The Bertz CT molecular complexity index is 484. The first-order valence-electron chi connectivity index (χ1n) is 7.17. The van der Waals surface area contributed by atoms with Crippen molar-refractivity contribution in [3.8, 4) is 0 Å². The van der Waals surface area contributed by atoms with Gasteiger partial charge in [-0.15, -0.1) is 12.4 Å². The third kappa shape index (κ3) is 2.86. The van der Waals surface area contributed by atoms with Crippen LogP contribution in [0.25, 0.3) is 0 Å². The minimum atomic E-state index is 0. The van der Waals surface area contributed by atoms with E-state index in [1.165, 1.54) is 0 Å². The maximum atomic E-state index is 12.7. The Morgan fingerprint density at radius 1 is 1.45 bits per heavy atom. The average molecular weight is 300 g/mol. The lowest BCUT2D eigenvalue weighted by atomic mass is 10.1. The lowest BCUT2D eigenvalue weighted by Crippen LogP contribution is -2.34. The highest BCUT2D eigenvalue weighted by molar-refractivity contribution is 5.96. The minimum absolute atomic E-state index is 0. The summed E-state index contributed by atoms with van der Waals surface area (Å²) in [6, 6.07) is 2.31. The predicted molar refractivity (Wildman–Crippen MR) is 84.5 cm³/mol. The Hall–Kier alpha value is -1.00. The summed E-state index contributed by atoms with van der Waals surface area (Å²) in [5.74, 6) is 0.616. The molecule has 2 unspecified atom stereocenters. The summed E-state index contributed by atoms with van der Waals surface area (Å²) in [6.07, 6.45) is 1.02. The standard InChI is InChI=1S/C15H25N3O.ClH/c1-5-17-11(3)7-14(12(17)4)15(19)18-9-13(8-16)6-10(18)2;/h7,10,13H,5-6,8-9,16H2,1-4H3;1H. The number of carbonyl (C=O) groups excluding carboxylic acids is 1. The first-order valence-corrected chi connectivity index (χ1v) is 7.17. The first kappa shape index (κ1) is 17.1. The number of halogens is 1. The second-order valence-electron chi connectivity index (χ2n) is 5.67. The number of nitrogens with two attached hydrogens (primary N) is 1. The van der Waals surface area contributed by atoms with Gasteiger partial charge in [-0.1, -0.05) is 0 Å². The van der Waals surface area contributed by atoms with Crippen LogP contribution in [0.2, 0.25) is 0 Å². The van der Waals surface area contributed by atoms with Gasteiger partial charge in [0.1, 0.15) is 0 Å². The summed E-state index contributed by atoms with van der Waals surface area (Å²) in [5.41, 5.74) is 8.82. The van der Waals surface area contributed by atoms with Gasteiger partial charge < -0.3 is 15.2 Å². The van der Waals surface area contributed by atoms with Crippen LogP contribution < -0.4 is 5.73 Å². The molecule has 1 fully saturated rings. The number of hydrogen-bond donors (Lipinski definition) is 1. The summed E-state index contributed by atoms with van der Waals surface area (Å²) in [6.45, 7) is 10.7. The molecule has 20 heavy (non-hydrogen) atoms. The molecule has 1 aromatic heterocycles. The fraction of sp³-hybridized carbons (Fsp3) is 0.667. The van der Waals surface area contributed by atoms with Crippen molar-refractivity contribution in [3.63, 3.8) is 0 Å². The van der Waals surface area contributed by atoms with Crippen molar-refractivity contribution < 1.29 is 4.79 Å². The molecule has 0 radical (unpaired) electrons. The van der Waals surface area contributed by atoms with Crippen molar-refractivity contribution in [2.75, 3.05) is 13.1 Å². The Morgan fingerprint density at radius 2 is 2.10 bits per heavy atom. The number of carbonyl (C=O) groups is 1. The number of likely N-dealkylation sites (tertiary alicyclic amines) is 1. The summed E-state index contributed by atoms with van der Waals surface area (Å²) >= 11 is 0. The van der Waals surface area contributed by atoms with Crippen LogP contribution in [0.3, 0.4) is 0 Å². The van der Waals surface area contributed by atoms with Gasteiger partial charge in [0.25, 0.3) is 5.91 Å². The molecule has 0 aromatic carbocycles. The lowest BCUT2D eigenvalue weighted by Gasteiger charge is -2.21. The van der Waals surface area contributed by atoms with Crippen molar-refractivity contribution in [2.24, 2.45) is 11.7 Å². The lowest BCUT2D eigenvalue weighted by molar-refractivity contribution is 0.0742. The smallest absolute Gasteiger partial charge is 0.255 e. The summed E-state index contributed by atoms with van der Waals surface area (Å²) < 4.78 is 2.19. The molecule has 0 bridgehead atoms. The molecular weight excluding hydrogens is 274 g/mol. The highest BCUT2D eigenvalue weighted by Gasteiger charge is 2.33. The molecule has 2 heterocycles. The molecule has 1 aliphatic heterocycles. The van der Waals surface area contributed by atoms with E-state index in [0.29, 0.717) is 18.5 Å². The monoisotopic (exact) mass is 299 g/mol. The van der Waals surface area contributed by atoms with Crippen molar-refractivity contribution in [1.29, 1.82) is 0 Å². The van der Waals surface area contributed by atoms with E-state index in [0.717, 1.165) is 36.5 Å². The highest BCUT2D eigenvalue weighted by Crippen LogP contribution is 2.26. The van der Waals surface area contributed by atoms with Gasteiger partial charge in [0.05, 0.1) is 5.56 Å². The Labute approximate surface area is 127 Å². The maximum absolute atomic E-state index is 12.7. The van der Waals surface area contributed by atoms with Gasteiger partial charge in [-0.2, -0.15) is 0 Å². The molecule has 2 atom stereocenters. The van der Waals surface area contributed by atoms with E-state index < -0.39 is 0 Å². The van der Waals surface area contributed by atoms with Crippen LogP contribution in [0, 0.1) is 19.8 Å². The van der Waals surface area contributed by atoms with E-state index in [1.54, 1.807) is 0 Å². The van der Waals surface area contributed by atoms with Crippen molar-refractivity contribution in [3.05, 3.63) is 23.0 Å². The van der Waals surface area contributed by atoms with E-state index in [9.17, 15) is 4.79 Å². The van der Waals surface area contributed by atoms with Crippen LogP contribution in [0.15, 0.2) is 6.07 Å². The van der Waals surface area contributed by atoms with Crippen LogP contribution in [-0.2, 0) is 6.54 Å². The number of rotatable bonds is 3. The molecular formula is C15H26ClN3O. The molecule has 1 amide bonds. The largest absolute Gasteiger partial charge is 0.349 e. The second kappa shape index (κ2) is 6.64. The quantitative estimate of drug-likeness (QED) is 0.931. The zero-order chi connectivity index (χ0) is 14.2. The predicted octanol–water partition coefficient (Wildman–Crippen LogP) is 2.36. The van der Waals surface area contributed by atoms with Gasteiger partial charge in [0, 0.05) is 30.5 Å². The summed E-state index contributed by atoms with van der Waals surface area (Å²) in [7, 11) is 0. The molecule has 5 heteroatoms. The van der Waals surface area contributed by atoms with Crippen LogP contribution in [0.5, 0.6) is 0 Å². The molecule has 1 aromatic rings. The van der Waals surface area contributed by atoms with Crippen molar-refractivity contribution >= 4 is 18.3 Å². The molecule has 0 spiro atoms. The van der Waals surface area contributed by atoms with E-state index in [2.05, 4.69) is 25.3 Å². The average Bonchev–Trinajstić information content (AvgIpc) is 2.89. The fourth-order valence-electron chi connectivity index (χ4n) is 3.26. The first-order chi connectivity index (χ1) is 8.99.